The van der Waals surface area contributed by atoms with Crippen molar-refractivity contribution in [2.75, 3.05) is 6.54 Å². The molecule has 4 nitrogen and oxygen atoms in total. The molecular formula is C15H25NO3. The number of aliphatic carboxylic acids is 1. The molecule has 2 N–H and O–H groups in total. The average Bonchev–Trinajstić information content (AvgIpc) is 2.50. The normalized spacial score (nSPS) is 29.9. The van der Waals surface area contributed by atoms with Crippen LogP contribution in [0.15, 0.2) is 0 Å². The van der Waals surface area contributed by atoms with Crippen molar-refractivity contribution in [2.45, 2.75) is 58.3 Å². The lowest BCUT2D eigenvalue weighted by molar-refractivity contribution is -0.152. The van der Waals surface area contributed by atoms with E-state index in [9.17, 15) is 9.59 Å². The molecule has 2 aliphatic carbocycles. The van der Waals surface area contributed by atoms with Crippen molar-refractivity contribution in [3.05, 3.63) is 0 Å². The highest BCUT2D eigenvalue weighted by molar-refractivity contribution is 5.86. The molecule has 0 heterocycles. The van der Waals surface area contributed by atoms with E-state index in [1.165, 1.54) is 38.5 Å². The van der Waals surface area contributed by atoms with Gasteiger partial charge in [-0.3, -0.25) is 9.59 Å². The Balaban J connectivity index is 1.81. The Bertz CT molecular complexity index is 345. The molecule has 0 saturated heterocycles. The van der Waals surface area contributed by atoms with Gasteiger partial charge in [0.15, 0.2) is 0 Å². The van der Waals surface area contributed by atoms with E-state index in [0.717, 1.165) is 6.42 Å². The molecule has 4 heteroatoms. The van der Waals surface area contributed by atoms with Crippen molar-refractivity contribution in [2.24, 2.45) is 17.3 Å². The van der Waals surface area contributed by atoms with Crippen LogP contribution in [-0.4, -0.2) is 23.5 Å². The minimum atomic E-state index is -0.827. The SMILES string of the molecule is CC1(CNC(=O)C2CCC2C(=O)O)CCCCCC1. The molecule has 2 aliphatic rings. The number of hydrogen-bond acceptors (Lipinski definition) is 2. The second-order valence-corrected chi connectivity index (χ2v) is 6.57. The van der Waals surface area contributed by atoms with Gasteiger partial charge in [-0.2, -0.15) is 0 Å². The molecular weight excluding hydrogens is 242 g/mol. The van der Waals surface area contributed by atoms with Gasteiger partial charge in [0.1, 0.15) is 0 Å². The molecule has 0 aliphatic heterocycles. The summed E-state index contributed by atoms with van der Waals surface area (Å²) in [6.07, 6.45) is 8.78. The van der Waals surface area contributed by atoms with Crippen LogP contribution < -0.4 is 5.32 Å². The average molecular weight is 267 g/mol. The van der Waals surface area contributed by atoms with Crippen molar-refractivity contribution in [3.63, 3.8) is 0 Å². The van der Waals surface area contributed by atoms with Crippen LogP contribution in [-0.2, 0) is 9.59 Å². The van der Waals surface area contributed by atoms with Crippen LogP contribution in [0.4, 0.5) is 0 Å². The Morgan fingerprint density at radius 2 is 1.68 bits per heavy atom. The Labute approximate surface area is 115 Å². The largest absolute Gasteiger partial charge is 0.481 e. The minimum absolute atomic E-state index is 0.0517. The Morgan fingerprint density at radius 3 is 2.16 bits per heavy atom. The van der Waals surface area contributed by atoms with Crippen LogP contribution in [0.25, 0.3) is 0 Å². The lowest BCUT2D eigenvalue weighted by Gasteiger charge is -2.34. The van der Waals surface area contributed by atoms with Gasteiger partial charge in [0, 0.05) is 6.54 Å². The summed E-state index contributed by atoms with van der Waals surface area (Å²) >= 11 is 0. The van der Waals surface area contributed by atoms with Crippen LogP contribution in [0.1, 0.15) is 58.3 Å². The van der Waals surface area contributed by atoms with E-state index in [2.05, 4.69) is 12.2 Å². The van der Waals surface area contributed by atoms with Gasteiger partial charge in [-0.1, -0.05) is 32.6 Å². The van der Waals surface area contributed by atoms with Crippen molar-refractivity contribution < 1.29 is 14.7 Å². The Hall–Kier alpha value is -1.06. The highest BCUT2D eigenvalue weighted by atomic mass is 16.4. The van der Waals surface area contributed by atoms with E-state index in [-0.39, 0.29) is 17.2 Å². The first-order chi connectivity index (χ1) is 9.02. The van der Waals surface area contributed by atoms with E-state index < -0.39 is 11.9 Å². The van der Waals surface area contributed by atoms with Gasteiger partial charge in [-0.05, 0) is 31.1 Å². The summed E-state index contributed by atoms with van der Waals surface area (Å²) in [6.45, 7) is 2.95. The molecule has 0 aromatic carbocycles. The highest BCUT2D eigenvalue weighted by Crippen LogP contribution is 2.36. The molecule has 0 aromatic heterocycles. The van der Waals surface area contributed by atoms with Crippen LogP contribution in [0.2, 0.25) is 0 Å². The third kappa shape index (κ3) is 3.48. The smallest absolute Gasteiger partial charge is 0.307 e. The van der Waals surface area contributed by atoms with Crippen molar-refractivity contribution in [1.82, 2.24) is 5.32 Å². The van der Waals surface area contributed by atoms with Gasteiger partial charge in [0.2, 0.25) is 5.91 Å². The first-order valence-corrected chi connectivity index (χ1v) is 7.52. The number of amides is 1. The molecule has 19 heavy (non-hydrogen) atoms. The van der Waals surface area contributed by atoms with Crippen LogP contribution in [0.5, 0.6) is 0 Å². The molecule has 2 atom stereocenters. The summed E-state index contributed by atoms with van der Waals surface area (Å²) in [5, 5.41) is 12.0. The van der Waals surface area contributed by atoms with Crippen LogP contribution >= 0.6 is 0 Å². The first kappa shape index (κ1) is 14.4. The molecule has 0 spiro atoms. The van der Waals surface area contributed by atoms with Gasteiger partial charge < -0.3 is 10.4 Å². The van der Waals surface area contributed by atoms with Gasteiger partial charge in [-0.15, -0.1) is 0 Å². The van der Waals surface area contributed by atoms with Crippen molar-refractivity contribution in [3.8, 4) is 0 Å². The maximum Gasteiger partial charge on any atom is 0.307 e. The van der Waals surface area contributed by atoms with E-state index in [1.807, 2.05) is 0 Å². The zero-order chi connectivity index (χ0) is 13.9. The summed E-state index contributed by atoms with van der Waals surface area (Å²) in [7, 11) is 0. The van der Waals surface area contributed by atoms with Crippen molar-refractivity contribution >= 4 is 11.9 Å². The van der Waals surface area contributed by atoms with Gasteiger partial charge >= 0.3 is 5.97 Å². The third-order valence-corrected chi connectivity index (χ3v) is 4.93. The maximum absolute atomic E-state index is 12.0. The van der Waals surface area contributed by atoms with Crippen molar-refractivity contribution in [1.29, 1.82) is 0 Å². The number of carbonyl (C=O) groups is 2. The number of carboxylic acids is 1. The van der Waals surface area contributed by atoms with E-state index >= 15 is 0 Å². The fourth-order valence-corrected chi connectivity index (χ4v) is 3.30. The fraction of sp³-hybridized carbons (Fsp3) is 0.867. The molecule has 0 radical (unpaired) electrons. The van der Waals surface area contributed by atoms with Gasteiger partial charge in [0.25, 0.3) is 0 Å². The second-order valence-electron chi connectivity index (χ2n) is 6.57. The Kier molecular flexibility index (Phi) is 4.48. The van der Waals surface area contributed by atoms with Crippen LogP contribution in [0.3, 0.4) is 0 Å². The predicted octanol–water partition coefficient (Wildman–Crippen LogP) is 2.57. The lowest BCUT2D eigenvalue weighted by atomic mass is 9.73. The van der Waals surface area contributed by atoms with E-state index in [0.29, 0.717) is 13.0 Å². The third-order valence-electron chi connectivity index (χ3n) is 4.93. The molecule has 0 bridgehead atoms. The summed E-state index contributed by atoms with van der Waals surface area (Å²) in [4.78, 5) is 23.0. The monoisotopic (exact) mass is 267 g/mol. The summed E-state index contributed by atoms with van der Waals surface area (Å²) < 4.78 is 0. The molecule has 2 fully saturated rings. The molecule has 108 valence electrons. The number of nitrogens with one attached hydrogen (secondary N) is 1. The summed E-state index contributed by atoms with van der Waals surface area (Å²) in [5.41, 5.74) is 0.203. The summed E-state index contributed by atoms with van der Waals surface area (Å²) in [6, 6.07) is 0. The van der Waals surface area contributed by atoms with E-state index in [4.69, 9.17) is 5.11 Å². The zero-order valence-corrected chi connectivity index (χ0v) is 11.8. The summed E-state index contributed by atoms with van der Waals surface area (Å²) in [5.74, 6) is -1.63. The number of hydrogen-bond donors (Lipinski definition) is 2. The second kappa shape index (κ2) is 5.93. The standard InChI is InChI=1S/C15H25NO3/c1-15(8-4-2-3-5-9-15)10-16-13(17)11-6-7-12(11)14(18)19/h11-12H,2-10H2,1H3,(H,16,17)(H,18,19). The molecule has 0 aromatic rings. The number of carbonyl (C=O) groups excluding carboxylic acids is 1. The molecule has 2 unspecified atom stereocenters. The molecule has 1 amide bonds. The Morgan fingerprint density at radius 1 is 1.11 bits per heavy atom. The lowest BCUT2D eigenvalue weighted by Crippen LogP contribution is -2.46. The quantitative estimate of drug-likeness (QED) is 0.769. The van der Waals surface area contributed by atoms with E-state index in [1.54, 1.807) is 0 Å². The number of rotatable bonds is 4. The fourth-order valence-electron chi connectivity index (χ4n) is 3.30. The molecule has 2 saturated carbocycles. The maximum atomic E-state index is 12.0. The van der Waals surface area contributed by atoms with Gasteiger partial charge in [-0.25, -0.2) is 0 Å². The minimum Gasteiger partial charge on any atom is -0.481 e. The predicted molar refractivity (Wildman–Crippen MR) is 72.7 cm³/mol. The first-order valence-electron chi connectivity index (χ1n) is 7.52. The highest BCUT2D eigenvalue weighted by Gasteiger charge is 2.41. The topological polar surface area (TPSA) is 66.4 Å². The zero-order valence-electron chi connectivity index (χ0n) is 11.8. The van der Waals surface area contributed by atoms with Crippen LogP contribution in [0, 0.1) is 17.3 Å². The number of carboxylic acid groups (broad SMARTS) is 1. The molecule has 2 rings (SSSR count). The van der Waals surface area contributed by atoms with Gasteiger partial charge in [0.05, 0.1) is 11.8 Å².